The Balaban J connectivity index is 2.10. The van der Waals surface area contributed by atoms with Gasteiger partial charge in [0.1, 0.15) is 0 Å². The molecule has 6 heteroatoms. The molecule has 0 bridgehead atoms. The molecule has 0 heterocycles. The van der Waals surface area contributed by atoms with E-state index in [4.69, 9.17) is 5.73 Å². The predicted molar refractivity (Wildman–Crippen MR) is 74.7 cm³/mol. The van der Waals surface area contributed by atoms with Crippen molar-refractivity contribution in [2.75, 3.05) is 12.3 Å². The maximum absolute atomic E-state index is 12.8. The van der Waals surface area contributed by atoms with Crippen molar-refractivity contribution in [2.45, 2.75) is 32.9 Å². The number of nitrogens with two attached hydrogens (primary N) is 1. The fourth-order valence-corrected chi connectivity index (χ4v) is 2.42. The number of nitrogen functional groups attached to an aromatic ring is 1. The normalized spacial score (nSPS) is 16.9. The summed E-state index contributed by atoms with van der Waals surface area (Å²) in [6, 6.07) is 3.24. The van der Waals surface area contributed by atoms with E-state index in [1.54, 1.807) is 0 Å². The number of amides is 1. The van der Waals surface area contributed by atoms with Crippen LogP contribution >= 0.6 is 0 Å². The molecule has 0 aliphatic heterocycles. The summed E-state index contributed by atoms with van der Waals surface area (Å²) in [5.74, 6) is -0.0534. The fourth-order valence-electron chi connectivity index (χ4n) is 2.42. The van der Waals surface area contributed by atoms with E-state index in [1.165, 1.54) is 6.07 Å². The van der Waals surface area contributed by atoms with E-state index in [1.807, 2.05) is 0 Å². The van der Waals surface area contributed by atoms with Gasteiger partial charge < -0.3 is 11.1 Å². The zero-order valence-corrected chi connectivity index (χ0v) is 12.1. The highest BCUT2D eigenvalue weighted by Crippen LogP contribution is 2.51. The lowest BCUT2D eigenvalue weighted by Crippen LogP contribution is -2.32. The van der Waals surface area contributed by atoms with Gasteiger partial charge in [-0.3, -0.25) is 4.79 Å². The molecule has 1 aromatic carbocycles. The summed E-state index contributed by atoms with van der Waals surface area (Å²) < 4.78 is 38.3. The largest absolute Gasteiger partial charge is 0.418 e. The van der Waals surface area contributed by atoms with Crippen molar-refractivity contribution < 1.29 is 18.0 Å². The van der Waals surface area contributed by atoms with Crippen molar-refractivity contribution in [3.8, 4) is 0 Å². The molecule has 21 heavy (non-hydrogen) atoms. The van der Waals surface area contributed by atoms with Crippen LogP contribution in [0.4, 0.5) is 18.9 Å². The van der Waals surface area contributed by atoms with Crippen LogP contribution in [0.2, 0.25) is 0 Å². The molecular formula is C15H19F3N2O. The van der Waals surface area contributed by atoms with Crippen LogP contribution in [0.15, 0.2) is 18.2 Å². The topological polar surface area (TPSA) is 55.1 Å². The molecule has 1 amide bonds. The van der Waals surface area contributed by atoms with Crippen LogP contribution in [-0.2, 0) is 6.18 Å². The average molecular weight is 300 g/mol. The molecule has 0 atom stereocenters. The van der Waals surface area contributed by atoms with E-state index in [-0.39, 0.29) is 16.7 Å². The molecule has 0 unspecified atom stereocenters. The second-order valence-electron chi connectivity index (χ2n) is 6.00. The van der Waals surface area contributed by atoms with E-state index in [2.05, 4.69) is 19.2 Å². The minimum absolute atomic E-state index is 0.0175. The standard InChI is InChI=1S/C15H19F3N2O/c1-9(2)14(5-6-14)8-20-13(21)10-3-4-12(19)11(7-10)15(16,17)18/h3-4,7,9H,5-6,8,19H2,1-2H3,(H,20,21). The van der Waals surface area contributed by atoms with Gasteiger partial charge in [-0.25, -0.2) is 0 Å². The predicted octanol–water partition coefficient (Wildman–Crippen LogP) is 3.45. The molecule has 0 aromatic heterocycles. The SMILES string of the molecule is CC(C)C1(CNC(=O)c2ccc(N)c(C(F)(F)F)c2)CC1. The summed E-state index contributed by atoms with van der Waals surface area (Å²) in [5.41, 5.74) is 4.06. The smallest absolute Gasteiger partial charge is 0.398 e. The van der Waals surface area contributed by atoms with E-state index in [9.17, 15) is 18.0 Å². The van der Waals surface area contributed by atoms with Crippen LogP contribution in [0.25, 0.3) is 0 Å². The van der Waals surface area contributed by atoms with Gasteiger partial charge in [-0.05, 0) is 42.4 Å². The van der Waals surface area contributed by atoms with E-state index in [0.717, 1.165) is 25.0 Å². The Bertz CT molecular complexity index is 548. The van der Waals surface area contributed by atoms with Crippen LogP contribution in [0, 0.1) is 11.3 Å². The first-order valence-electron chi connectivity index (χ1n) is 6.91. The van der Waals surface area contributed by atoms with Gasteiger partial charge in [0.25, 0.3) is 5.91 Å². The van der Waals surface area contributed by atoms with Crippen LogP contribution in [0.1, 0.15) is 42.6 Å². The van der Waals surface area contributed by atoms with Crippen molar-refractivity contribution in [1.82, 2.24) is 5.32 Å². The number of carbonyl (C=O) groups is 1. The number of benzene rings is 1. The quantitative estimate of drug-likeness (QED) is 0.837. The van der Waals surface area contributed by atoms with Gasteiger partial charge in [0.2, 0.25) is 0 Å². The Morgan fingerprint density at radius 2 is 2.00 bits per heavy atom. The van der Waals surface area contributed by atoms with Crippen LogP contribution in [0.5, 0.6) is 0 Å². The maximum atomic E-state index is 12.8. The third kappa shape index (κ3) is 3.31. The fraction of sp³-hybridized carbons (Fsp3) is 0.533. The first-order chi connectivity index (χ1) is 9.66. The minimum atomic E-state index is -4.56. The Labute approximate surface area is 121 Å². The molecule has 116 valence electrons. The zero-order valence-electron chi connectivity index (χ0n) is 12.1. The summed E-state index contributed by atoms with van der Waals surface area (Å²) in [6.07, 6.45) is -2.48. The van der Waals surface area contributed by atoms with Crippen LogP contribution in [0.3, 0.4) is 0 Å². The van der Waals surface area contributed by atoms with Gasteiger partial charge in [-0.1, -0.05) is 13.8 Å². The highest BCUT2D eigenvalue weighted by Gasteiger charge is 2.45. The lowest BCUT2D eigenvalue weighted by Gasteiger charge is -2.20. The highest BCUT2D eigenvalue weighted by atomic mass is 19.4. The molecule has 1 aliphatic rings. The minimum Gasteiger partial charge on any atom is -0.398 e. The molecule has 1 aromatic rings. The first kappa shape index (κ1) is 15.7. The Hall–Kier alpha value is -1.72. The third-order valence-electron chi connectivity index (χ3n) is 4.34. The second kappa shape index (κ2) is 5.24. The van der Waals surface area contributed by atoms with Crippen molar-refractivity contribution >= 4 is 11.6 Å². The lowest BCUT2D eigenvalue weighted by molar-refractivity contribution is -0.136. The molecular weight excluding hydrogens is 281 g/mol. The van der Waals surface area contributed by atoms with Gasteiger partial charge in [0.15, 0.2) is 0 Å². The van der Waals surface area contributed by atoms with Gasteiger partial charge in [0.05, 0.1) is 5.56 Å². The highest BCUT2D eigenvalue weighted by molar-refractivity contribution is 5.95. The number of hydrogen-bond acceptors (Lipinski definition) is 2. The molecule has 0 radical (unpaired) electrons. The number of anilines is 1. The molecule has 1 fully saturated rings. The third-order valence-corrected chi connectivity index (χ3v) is 4.34. The van der Waals surface area contributed by atoms with Crippen molar-refractivity contribution in [2.24, 2.45) is 11.3 Å². The molecule has 3 N–H and O–H groups in total. The molecule has 1 aliphatic carbocycles. The number of nitrogens with one attached hydrogen (secondary N) is 1. The maximum Gasteiger partial charge on any atom is 0.418 e. The van der Waals surface area contributed by atoms with E-state index < -0.39 is 17.6 Å². The van der Waals surface area contributed by atoms with Crippen LogP contribution in [-0.4, -0.2) is 12.5 Å². The average Bonchev–Trinajstić information content (AvgIpc) is 3.16. The van der Waals surface area contributed by atoms with Gasteiger partial charge in [-0.2, -0.15) is 13.2 Å². The molecule has 3 nitrogen and oxygen atoms in total. The summed E-state index contributed by atoms with van der Waals surface area (Å²) in [4.78, 5) is 12.0. The van der Waals surface area contributed by atoms with Gasteiger partial charge in [0, 0.05) is 17.8 Å². The van der Waals surface area contributed by atoms with Crippen LogP contribution < -0.4 is 11.1 Å². The Morgan fingerprint density at radius 3 is 2.48 bits per heavy atom. The van der Waals surface area contributed by atoms with Crippen molar-refractivity contribution in [3.63, 3.8) is 0 Å². The number of rotatable bonds is 4. The Morgan fingerprint density at radius 1 is 1.38 bits per heavy atom. The summed E-state index contributed by atoms with van der Waals surface area (Å²) >= 11 is 0. The van der Waals surface area contributed by atoms with Crippen molar-refractivity contribution in [1.29, 1.82) is 0 Å². The second-order valence-corrected chi connectivity index (χ2v) is 6.00. The molecule has 0 saturated heterocycles. The number of carbonyl (C=O) groups excluding carboxylic acids is 1. The Kier molecular flexibility index (Phi) is 3.91. The summed E-state index contributed by atoms with van der Waals surface area (Å²) in [5, 5.41) is 2.73. The zero-order chi connectivity index (χ0) is 15.8. The van der Waals surface area contributed by atoms with Gasteiger partial charge >= 0.3 is 6.18 Å². The van der Waals surface area contributed by atoms with Gasteiger partial charge in [-0.15, -0.1) is 0 Å². The number of halogens is 3. The van der Waals surface area contributed by atoms with E-state index >= 15 is 0 Å². The first-order valence-corrected chi connectivity index (χ1v) is 6.91. The number of hydrogen-bond donors (Lipinski definition) is 2. The van der Waals surface area contributed by atoms with E-state index in [0.29, 0.717) is 12.5 Å². The monoisotopic (exact) mass is 300 g/mol. The molecule has 0 spiro atoms. The molecule has 1 saturated carbocycles. The van der Waals surface area contributed by atoms with Crippen molar-refractivity contribution in [3.05, 3.63) is 29.3 Å². The number of alkyl halides is 3. The lowest BCUT2D eigenvalue weighted by atomic mass is 9.92. The summed E-state index contributed by atoms with van der Waals surface area (Å²) in [7, 11) is 0. The molecule has 2 rings (SSSR count). The summed E-state index contributed by atoms with van der Waals surface area (Å²) in [6.45, 7) is 4.67.